The molecule has 1 aliphatic carbocycles. The Kier molecular flexibility index (Phi) is 2.68. The van der Waals surface area contributed by atoms with Gasteiger partial charge in [0.1, 0.15) is 0 Å². The molecule has 0 aliphatic heterocycles. The van der Waals surface area contributed by atoms with Crippen LogP contribution < -0.4 is 0 Å². The zero-order chi connectivity index (χ0) is 9.26. The maximum absolute atomic E-state index is 4.32. The first-order valence-electron chi connectivity index (χ1n) is 4.81. The molecule has 1 saturated carbocycles. The number of rotatable bonds is 3. The van der Waals surface area contributed by atoms with Crippen molar-refractivity contribution in [3.8, 4) is 0 Å². The summed E-state index contributed by atoms with van der Waals surface area (Å²) in [4.78, 5) is 4.95. The maximum Gasteiger partial charge on any atom is 0.0414 e. The lowest BCUT2D eigenvalue weighted by Gasteiger charge is -2.07. The van der Waals surface area contributed by atoms with Gasteiger partial charge in [-0.2, -0.15) is 0 Å². The Morgan fingerprint density at radius 1 is 1.62 bits per heavy atom. The molecule has 0 radical (unpaired) electrons. The molecule has 0 bridgehead atoms. The second-order valence-electron chi connectivity index (χ2n) is 3.92. The van der Waals surface area contributed by atoms with Crippen molar-refractivity contribution in [3.05, 3.63) is 30.1 Å². The Balaban J connectivity index is 1.91. The van der Waals surface area contributed by atoms with E-state index >= 15 is 0 Å². The standard InChI is InChI=1S/C11H14BrN/c1-8-6-10(8)11(12)7-9-4-2-3-5-13-9/h2-5,8,10-11H,6-7H2,1H3. The Morgan fingerprint density at radius 2 is 2.38 bits per heavy atom. The summed E-state index contributed by atoms with van der Waals surface area (Å²) in [5.41, 5.74) is 1.20. The Morgan fingerprint density at radius 3 is 2.92 bits per heavy atom. The maximum atomic E-state index is 4.32. The third-order valence-electron chi connectivity index (χ3n) is 2.77. The molecule has 0 spiro atoms. The minimum absolute atomic E-state index is 0.623. The average Bonchev–Trinajstić information content (AvgIpc) is 2.84. The molecule has 0 aromatic carbocycles. The predicted molar refractivity (Wildman–Crippen MR) is 57.9 cm³/mol. The molecule has 1 fully saturated rings. The second-order valence-corrected chi connectivity index (χ2v) is 5.09. The molecular weight excluding hydrogens is 226 g/mol. The van der Waals surface area contributed by atoms with E-state index in [0.717, 1.165) is 18.3 Å². The van der Waals surface area contributed by atoms with Crippen LogP contribution in [0.4, 0.5) is 0 Å². The van der Waals surface area contributed by atoms with Gasteiger partial charge < -0.3 is 0 Å². The van der Waals surface area contributed by atoms with Crippen LogP contribution in [0.25, 0.3) is 0 Å². The molecule has 70 valence electrons. The highest BCUT2D eigenvalue weighted by Gasteiger charge is 2.38. The summed E-state index contributed by atoms with van der Waals surface area (Å²) >= 11 is 3.74. The third kappa shape index (κ3) is 2.31. The number of hydrogen-bond acceptors (Lipinski definition) is 1. The molecule has 1 aliphatic rings. The van der Waals surface area contributed by atoms with Gasteiger partial charge in [0.25, 0.3) is 0 Å². The molecule has 0 N–H and O–H groups in total. The van der Waals surface area contributed by atoms with Gasteiger partial charge in [0.05, 0.1) is 0 Å². The van der Waals surface area contributed by atoms with Crippen LogP contribution in [0, 0.1) is 11.8 Å². The first-order valence-corrected chi connectivity index (χ1v) is 5.73. The molecule has 1 aromatic heterocycles. The summed E-state index contributed by atoms with van der Waals surface area (Å²) in [7, 11) is 0. The number of hydrogen-bond donors (Lipinski definition) is 0. The van der Waals surface area contributed by atoms with Crippen molar-refractivity contribution < 1.29 is 0 Å². The monoisotopic (exact) mass is 239 g/mol. The summed E-state index contributed by atoms with van der Waals surface area (Å²) in [6.07, 6.45) is 4.31. The predicted octanol–water partition coefficient (Wildman–Crippen LogP) is 3.04. The van der Waals surface area contributed by atoms with Crippen molar-refractivity contribution in [2.45, 2.75) is 24.6 Å². The van der Waals surface area contributed by atoms with E-state index in [4.69, 9.17) is 0 Å². The van der Waals surface area contributed by atoms with E-state index in [0.29, 0.717) is 4.83 Å². The largest absolute Gasteiger partial charge is 0.261 e. The smallest absolute Gasteiger partial charge is 0.0414 e. The number of nitrogens with zero attached hydrogens (tertiary/aromatic N) is 1. The summed E-state index contributed by atoms with van der Waals surface area (Å²) in [5, 5.41) is 0. The second kappa shape index (κ2) is 3.79. The van der Waals surface area contributed by atoms with Gasteiger partial charge in [0, 0.05) is 23.1 Å². The van der Waals surface area contributed by atoms with Crippen molar-refractivity contribution >= 4 is 15.9 Å². The quantitative estimate of drug-likeness (QED) is 0.740. The molecule has 0 saturated heterocycles. The lowest BCUT2D eigenvalue weighted by atomic mass is 10.1. The molecule has 2 rings (SSSR count). The number of alkyl halides is 1. The number of pyridine rings is 1. The summed E-state index contributed by atoms with van der Waals surface area (Å²) in [6.45, 7) is 2.32. The van der Waals surface area contributed by atoms with Crippen LogP contribution in [0.1, 0.15) is 19.0 Å². The fourth-order valence-electron chi connectivity index (χ4n) is 1.72. The number of aromatic nitrogens is 1. The Bertz CT molecular complexity index is 273. The van der Waals surface area contributed by atoms with Gasteiger partial charge >= 0.3 is 0 Å². The van der Waals surface area contributed by atoms with Gasteiger partial charge in [0.2, 0.25) is 0 Å². The van der Waals surface area contributed by atoms with Gasteiger partial charge in [0.15, 0.2) is 0 Å². The first-order chi connectivity index (χ1) is 6.27. The lowest BCUT2D eigenvalue weighted by Crippen LogP contribution is -2.07. The van der Waals surface area contributed by atoms with Crippen molar-refractivity contribution in [1.82, 2.24) is 4.98 Å². The zero-order valence-corrected chi connectivity index (χ0v) is 9.37. The molecule has 0 amide bonds. The van der Waals surface area contributed by atoms with Crippen LogP contribution in [-0.4, -0.2) is 9.81 Å². The fraction of sp³-hybridized carbons (Fsp3) is 0.545. The van der Waals surface area contributed by atoms with Crippen LogP contribution in [0.5, 0.6) is 0 Å². The summed E-state index contributed by atoms with van der Waals surface area (Å²) in [5.74, 6) is 1.79. The topological polar surface area (TPSA) is 12.9 Å². The van der Waals surface area contributed by atoms with E-state index in [1.807, 2.05) is 12.3 Å². The molecule has 2 heteroatoms. The van der Waals surface area contributed by atoms with Crippen LogP contribution in [0.2, 0.25) is 0 Å². The highest BCUT2D eigenvalue weighted by atomic mass is 79.9. The summed E-state index contributed by atoms with van der Waals surface area (Å²) < 4.78 is 0. The van der Waals surface area contributed by atoms with Gasteiger partial charge in [-0.25, -0.2) is 0 Å². The number of halogens is 1. The molecule has 1 heterocycles. The van der Waals surface area contributed by atoms with E-state index in [-0.39, 0.29) is 0 Å². The molecule has 1 nitrogen and oxygen atoms in total. The average molecular weight is 240 g/mol. The van der Waals surface area contributed by atoms with Crippen molar-refractivity contribution in [2.75, 3.05) is 0 Å². The van der Waals surface area contributed by atoms with Crippen LogP contribution in [0.3, 0.4) is 0 Å². The van der Waals surface area contributed by atoms with Gasteiger partial charge in [-0.15, -0.1) is 0 Å². The zero-order valence-electron chi connectivity index (χ0n) is 7.78. The lowest BCUT2D eigenvalue weighted by molar-refractivity contribution is 0.693. The molecule has 3 atom stereocenters. The first kappa shape index (κ1) is 9.20. The third-order valence-corrected chi connectivity index (χ3v) is 3.77. The Labute approximate surface area is 87.7 Å². The normalized spacial score (nSPS) is 28.5. The van der Waals surface area contributed by atoms with E-state index in [1.54, 1.807) is 0 Å². The van der Waals surface area contributed by atoms with Crippen LogP contribution in [-0.2, 0) is 6.42 Å². The molecule has 13 heavy (non-hydrogen) atoms. The minimum Gasteiger partial charge on any atom is -0.261 e. The van der Waals surface area contributed by atoms with Gasteiger partial charge in [-0.1, -0.05) is 28.9 Å². The highest BCUT2D eigenvalue weighted by molar-refractivity contribution is 9.09. The fourth-order valence-corrected chi connectivity index (χ4v) is 2.79. The molecule has 3 unspecified atom stereocenters. The minimum atomic E-state index is 0.623. The van der Waals surface area contributed by atoms with Crippen LogP contribution >= 0.6 is 15.9 Å². The van der Waals surface area contributed by atoms with E-state index < -0.39 is 0 Å². The SMILES string of the molecule is CC1CC1C(Br)Cc1ccccn1. The summed E-state index contributed by atoms with van der Waals surface area (Å²) in [6, 6.07) is 6.12. The van der Waals surface area contributed by atoms with E-state index in [2.05, 4.69) is 40.0 Å². The van der Waals surface area contributed by atoms with Gasteiger partial charge in [-0.05, 0) is 30.4 Å². The highest BCUT2D eigenvalue weighted by Crippen LogP contribution is 2.44. The van der Waals surface area contributed by atoms with Crippen molar-refractivity contribution in [3.63, 3.8) is 0 Å². The van der Waals surface area contributed by atoms with E-state index in [9.17, 15) is 0 Å². The van der Waals surface area contributed by atoms with Crippen LogP contribution in [0.15, 0.2) is 24.4 Å². The van der Waals surface area contributed by atoms with E-state index in [1.165, 1.54) is 12.1 Å². The Hall–Kier alpha value is -0.370. The van der Waals surface area contributed by atoms with Crippen molar-refractivity contribution in [2.24, 2.45) is 11.8 Å². The molecular formula is C11H14BrN. The van der Waals surface area contributed by atoms with Gasteiger partial charge in [-0.3, -0.25) is 4.98 Å². The molecule has 1 aromatic rings. The van der Waals surface area contributed by atoms with Crippen molar-refractivity contribution in [1.29, 1.82) is 0 Å².